The van der Waals surface area contributed by atoms with Crippen molar-refractivity contribution in [2.75, 3.05) is 6.26 Å². The van der Waals surface area contributed by atoms with Crippen molar-refractivity contribution in [3.63, 3.8) is 0 Å². The number of rotatable bonds is 3. The molecular formula is C16H20N4OS. The van der Waals surface area contributed by atoms with Crippen LogP contribution in [-0.4, -0.2) is 27.3 Å². The van der Waals surface area contributed by atoms with E-state index in [9.17, 15) is 4.79 Å². The molecule has 0 spiro atoms. The lowest BCUT2D eigenvalue weighted by Gasteiger charge is -2.16. The van der Waals surface area contributed by atoms with E-state index >= 15 is 0 Å². The summed E-state index contributed by atoms with van der Waals surface area (Å²) in [5.74, 6) is 0. The summed E-state index contributed by atoms with van der Waals surface area (Å²) in [4.78, 5) is 12.6. The van der Waals surface area contributed by atoms with Crippen molar-refractivity contribution in [3.8, 4) is 0 Å². The Morgan fingerprint density at radius 1 is 1.27 bits per heavy atom. The number of hydrogen-bond donors (Lipinski definition) is 0. The molecule has 1 aromatic carbocycles. The molecular weight excluding hydrogens is 296 g/mol. The Morgan fingerprint density at radius 3 is 2.59 bits per heavy atom. The van der Waals surface area contributed by atoms with E-state index in [2.05, 4.69) is 15.3 Å². The average Bonchev–Trinajstić information content (AvgIpc) is 2.44. The number of nitrogens with zero attached hydrogens (tertiary/aromatic N) is 4. The van der Waals surface area contributed by atoms with Crippen LogP contribution in [0.25, 0.3) is 0 Å². The maximum Gasteiger partial charge on any atom is 0.297 e. The summed E-state index contributed by atoms with van der Waals surface area (Å²) in [6.07, 6.45) is 3.52. The van der Waals surface area contributed by atoms with Gasteiger partial charge >= 0.3 is 0 Å². The number of aryl methyl sites for hydroxylation is 1. The summed E-state index contributed by atoms with van der Waals surface area (Å²) in [6, 6.07) is 7.93. The Hall–Kier alpha value is -1.95. The van der Waals surface area contributed by atoms with Crippen LogP contribution < -0.4 is 5.56 Å². The van der Waals surface area contributed by atoms with Gasteiger partial charge in [0.2, 0.25) is 5.16 Å². The second-order valence-electron chi connectivity index (χ2n) is 6.06. The van der Waals surface area contributed by atoms with E-state index < -0.39 is 0 Å². The molecule has 0 saturated carbocycles. The van der Waals surface area contributed by atoms with Gasteiger partial charge in [-0.3, -0.25) is 4.79 Å². The SMILES string of the molecule is CSc1nnc(C(C)(C)C)c(=O)n1N=Cc1cccc(C)c1. The lowest BCUT2D eigenvalue weighted by molar-refractivity contribution is 0.510. The summed E-state index contributed by atoms with van der Waals surface area (Å²) in [5, 5.41) is 13.0. The molecule has 0 amide bonds. The first-order valence-corrected chi connectivity index (χ1v) is 8.20. The van der Waals surface area contributed by atoms with E-state index in [1.54, 1.807) is 6.21 Å². The highest BCUT2D eigenvalue weighted by atomic mass is 32.2. The third kappa shape index (κ3) is 3.62. The monoisotopic (exact) mass is 316 g/mol. The smallest absolute Gasteiger partial charge is 0.265 e. The van der Waals surface area contributed by atoms with Crippen LogP contribution in [0.4, 0.5) is 0 Å². The fourth-order valence-corrected chi connectivity index (χ4v) is 2.37. The van der Waals surface area contributed by atoms with E-state index in [1.165, 1.54) is 16.4 Å². The molecule has 22 heavy (non-hydrogen) atoms. The summed E-state index contributed by atoms with van der Waals surface area (Å²) in [7, 11) is 0. The van der Waals surface area contributed by atoms with Gasteiger partial charge in [-0.15, -0.1) is 10.2 Å². The third-order valence-corrected chi connectivity index (χ3v) is 3.69. The summed E-state index contributed by atoms with van der Waals surface area (Å²) in [6.45, 7) is 7.83. The Morgan fingerprint density at radius 2 is 2.00 bits per heavy atom. The van der Waals surface area contributed by atoms with E-state index in [0.29, 0.717) is 10.9 Å². The van der Waals surface area contributed by atoms with E-state index in [0.717, 1.165) is 11.1 Å². The molecule has 5 nitrogen and oxygen atoms in total. The van der Waals surface area contributed by atoms with Crippen LogP contribution in [0.3, 0.4) is 0 Å². The first-order valence-electron chi connectivity index (χ1n) is 6.98. The molecule has 6 heteroatoms. The molecule has 116 valence electrons. The third-order valence-electron chi connectivity index (χ3n) is 3.07. The molecule has 0 atom stereocenters. The van der Waals surface area contributed by atoms with Crippen LogP contribution in [0.1, 0.15) is 37.6 Å². The second kappa shape index (κ2) is 6.44. The maximum absolute atomic E-state index is 12.6. The minimum atomic E-state index is -0.373. The fraction of sp³-hybridized carbons (Fsp3) is 0.375. The quantitative estimate of drug-likeness (QED) is 0.645. The van der Waals surface area contributed by atoms with Gasteiger partial charge in [0.25, 0.3) is 5.56 Å². The lowest BCUT2D eigenvalue weighted by Crippen LogP contribution is -2.32. The fourth-order valence-electron chi connectivity index (χ4n) is 1.94. The topological polar surface area (TPSA) is 60.1 Å². The van der Waals surface area contributed by atoms with Crippen LogP contribution in [0, 0.1) is 6.92 Å². The van der Waals surface area contributed by atoms with Crippen molar-refractivity contribution in [3.05, 3.63) is 51.4 Å². The van der Waals surface area contributed by atoms with Gasteiger partial charge in [-0.05, 0) is 18.7 Å². The van der Waals surface area contributed by atoms with Gasteiger partial charge in [0.05, 0.1) is 6.21 Å². The van der Waals surface area contributed by atoms with Crippen LogP contribution in [0.5, 0.6) is 0 Å². The molecule has 0 bridgehead atoms. The molecule has 2 aromatic rings. The Balaban J connectivity index is 2.52. The number of aromatic nitrogens is 3. The van der Waals surface area contributed by atoms with Crippen molar-refractivity contribution < 1.29 is 0 Å². The number of thioether (sulfide) groups is 1. The standard InChI is InChI=1S/C16H20N4OS/c1-11-7-6-8-12(9-11)10-17-20-14(21)13(16(2,3)4)18-19-15(20)22-5/h6-10H,1-5H3. The van der Waals surface area contributed by atoms with Crippen molar-refractivity contribution in [1.29, 1.82) is 0 Å². The van der Waals surface area contributed by atoms with Crippen molar-refractivity contribution in [1.82, 2.24) is 14.9 Å². The molecule has 2 rings (SSSR count). The Bertz CT molecular complexity index is 759. The van der Waals surface area contributed by atoms with E-state index in [1.807, 2.05) is 58.2 Å². The summed E-state index contributed by atoms with van der Waals surface area (Å²) < 4.78 is 1.32. The zero-order valence-electron chi connectivity index (χ0n) is 13.5. The number of benzene rings is 1. The predicted molar refractivity (Wildman–Crippen MR) is 90.9 cm³/mol. The van der Waals surface area contributed by atoms with Gasteiger partial charge in [-0.25, -0.2) is 0 Å². The number of hydrogen-bond acceptors (Lipinski definition) is 5. The molecule has 0 aliphatic heterocycles. The lowest BCUT2D eigenvalue weighted by atomic mass is 9.93. The zero-order chi connectivity index (χ0) is 16.3. The van der Waals surface area contributed by atoms with Gasteiger partial charge in [-0.2, -0.15) is 9.78 Å². The van der Waals surface area contributed by atoms with Crippen LogP contribution in [-0.2, 0) is 5.41 Å². The van der Waals surface area contributed by atoms with Crippen molar-refractivity contribution in [2.45, 2.75) is 38.3 Å². The first kappa shape index (κ1) is 16.4. The predicted octanol–water partition coefficient (Wildman–Crippen LogP) is 2.85. The summed E-state index contributed by atoms with van der Waals surface area (Å²) >= 11 is 1.34. The van der Waals surface area contributed by atoms with Gasteiger partial charge in [0, 0.05) is 5.41 Å². The van der Waals surface area contributed by atoms with E-state index in [4.69, 9.17) is 0 Å². The van der Waals surface area contributed by atoms with Crippen LogP contribution >= 0.6 is 11.8 Å². The molecule has 1 aromatic heterocycles. The molecule has 0 unspecified atom stereocenters. The zero-order valence-corrected chi connectivity index (χ0v) is 14.3. The highest BCUT2D eigenvalue weighted by molar-refractivity contribution is 7.98. The largest absolute Gasteiger partial charge is 0.297 e. The van der Waals surface area contributed by atoms with Crippen LogP contribution in [0.2, 0.25) is 0 Å². The van der Waals surface area contributed by atoms with Gasteiger partial charge in [0.15, 0.2) is 0 Å². The molecule has 0 radical (unpaired) electrons. The van der Waals surface area contributed by atoms with Gasteiger partial charge in [-0.1, -0.05) is 62.4 Å². The van der Waals surface area contributed by atoms with Crippen molar-refractivity contribution in [2.24, 2.45) is 5.10 Å². The Labute approximate surface area is 134 Å². The maximum atomic E-state index is 12.6. The van der Waals surface area contributed by atoms with Gasteiger partial charge in [0.1, 0.15) is 5.69 Å². The highest BCUT2D eigenvalue weighted by Crippen LogP contribution is 2.17. The summed E-state index contributed by atoms with van der Waals surface area (Å²) in [5.41, 5.74) is 1.89. The highest BCUT2D eigenvalue weighted by Gasteiger charge is 2.23. The van der Waals surface area contributed by atoms with Gasteiger partial charge < -0.3 is 0 Å². The molecule has 0 N–H and O–H groups in total. The second-order valence-corrected chi connectivity index (χ2v) is 6.83. The first-order chi connectivity index (χ1) is 10.3. The van der Waals surface area contributed by atoms with E-state index in [-0.39, 0.29) is 11.0 Å². The van der Waals surface area contributed by atoms with Crippen molar-refractivity contribution >= 4 is 18.0 Å². The average molecular weight is 316 g/mol. The molecule has 0 saturated heterocycles. The molecule has 1 heterocycles. The normalized spacial score (nSPS) is 12.0. The molecule has 0 fully saturated rings. The molecule has 0 aliphatic carbocycles. The minimum absolute atomic E-state index is 0.226. The molecule has 0 aliphatic rings. The van der Waals surface area contributed by atoms with Crippen LogP contribution in [0.15, 0.2) is 39.3 Å². The minimum Gasteiger partial charge on any atom is -0.265 e. The Kier molecular flexibility index (Phi) is 4.81.